The van der Waals surface area contributed by atoms with E-state index in [2.05, 4.69) is 36.3 Å². The first-order valence-electron chi connectivity index (χ1n) is 9.56. The highest BCUT2D eigenvalue weighted by atomic mass is 16.5. The van der Waals surface area contributed by atoms with Crippen LogP contribution in [0.15, 0.2) is 34.9 Å². The summed E-state index contributed by atoms with van der Waals surface area (Å²) in [5, 5.41) is 4.22. The molecular formula is C21H26N2O2. The summed E-state index contributed by atoms with van der Waals surface area (Å²) in [4.78, 5) is 15.0. The number of hydrogen-bond acceptors (Lipinski definition) is 3. The van der Waals surface area contributed by atoms with E-state index in [1.807, 2.05) is 11.0 Å². The molecule has 1 aromatic carbocycles. The molecule has 1 amide bonds. The van der Waals surface area contributed by atoms with Crippen LogP contribution in [0.2, 0.25) is 0 Å². The topological polar surface area (TPSA) is 46.3 Å². The Morgan fingerprint density at radius 3 is 2.76 bits per heavy atom. The van der Waals surface area contributed by atoms with E-state index in [1.165, 1.54) is 30.4 Å². The van der Waals surface area contributed by atoms with Gasteiger partial charge >= 0.3 is 0 Å². The second-order valence-electron chi connectivity index (χ2n) is 7.52. The lowest BCUT2D eigenvalue weighted by Crippen LogP contribution is -2.30. The molecule has 1 atom stereocenters. The van der Waals surface area contributed by atoms with Crippen LogP contribution in [0.25, 0.3) is 0 Å². The third kappa shape index (κ3) is 3.35. The second-order valence-corrected chi connectivity index (χ2v) is 7.52. The van der Waals surface area contributed by atoms with Gasteiger partial charge in [-0.25, -0.2) is 0 Å². The normalized spacial score (nSPS) is 21.6. The molecule has 4 rings (SSSR count). The van der Waals surface area contributed by atoms with Crippen LogP contribution in [-0.2, 0) is 0 Å². The average molecular weight is 338 g/mol. The molecule has 0 radical (unpaired) electrons. The molecule has 0 spiro atoms. The number of benzene rings is 1. The molecule has 1 aromatic heterocycles. The van der Waals surface area contributed by atoms with Gasteiger partial charge in [0.25, 0.3) is 5.91 Å². The number of nitrogens with zero attached hydrogens (tertiary/aromatic N) is 2. The van der Waals surface area contributed by atoms with E-state index >= 15 is 0 Å². The van der Waals surface area contributed by atoms with Gasteiger partial charge in [-0.3, -0.25) is 4.79 Å². The number of aryl methyl sites for hydroxylation is 1. The molecule has 0 bridgehead atoms. The highest BCUT2D eigenvalue weighted by Crippen LogP contribution is 2.35. The summed E-state index contributed by atoms with van der Waals surface area (Å²) in [6.07, 6.45) is 8.19. The number of amides is 1. The largest absolute Gasteiger partial charge is 0.351 e. The predicted octanol–water partition coefficient (Wildman–Crippen LogP) is 5.01. The zero-order valence-corrected chi connectivity index (χ0v) is 14.9. The Labute approximate surface area is 149 Å². The van der Waals surface area contributed by atoms with Gasteiger partial charge in [0.05, 0.1) is 11.7 Å². The van der Waals surface area contributed by atoms with Gasteiger partial charge in [0.15, 0.2) is 0 Å². The van der Waals surface area contributed by atoms with E-state index in [0.717, 1.165) is 37.9 Å². The molecule has 1 aliphatic heterocycles. The minimum Gasteiger partial charge on any atom is -0.351 e. The maximum Gasteiger partial charge on any atom is 0.292 e. The maximum atomic E-state index is 13.0. The first-order valence-corrected chi connectivity index (χ1v) is 9.56. The molecule has 4 heteroatoms. The first kappa shape index (κ1) is 16.4. The standard InChI is InChI=1S/C21H26N2O2/c1-15-7-5-10-17(13-15)19-11-6-12-23(19)21(24)20-14-18(22-25-20)16-8-3-2-4-9-16/h5,7,10,13-14,16,19H,2-4,6,8-9,11-12H2,1H3. The molecule has 2 fully saturated rings. The lowest BCUT2D eigenvalue weighted by atomic mass is 9.87. The molecule has 1 saturated heterocycles. The number of aromatic nitrogens is 1. The average Bonchev–Trinajstić information content (AvgIpc) is 3.32. The van der Waals surface area contributed by atoms with Crippen molar-refractivity contribution in [3.05, 3.63) is 52.9 Å². The van der Waals surface area contributed by atoms with Crippen molar-refractivity contribution in [2.24, 2.45) is 0 Å². The van der Waals surface area contributed by atoms with E-state index in [4.69, 9.17) is 4.52 Å². The number of rotatable bonds is 3. The molecule has 25 heavy (non-hydrogen) atoms. The van der Waals surface area contributed by atoms with Gasteiger partial charge in [0, 0.05) is 18.5 Å². The highest BCUT2D eigenvalue weighted by molar-refractivity contribution is 5.92. The fourth-order valence-corrected chi connectivity index (χ4v) is 4.36. The van der Waals surface area contributed by atoms with Crippen LogP contribution >= 0.6 is 0 Å². The third-order valence-electron chi connectivity index (χ3n) is 5.70. The molecule has 2 heterocycles. The van der Waals surface area contributed by atoms with E-state index < -0.39 is 0 Å². The SMILES string of the molecule is Cc1cccc(C2CCCN2C(=O)c2cc(C3CCCCC3)no2)c1. The number of carbonyl (C=O) groups is 1. The molecule has 2 aromatic rings. The molecule has 0 N–H and O–H groups in total. The van der Waals surface area contributed by atoms with Gasteiger partial charge in [0.2, 0.25) is 5.76 Å². The Morgan fingerprint density at radius 2 is 1.96 bits per heavy atom. The van der Waals surface area contributed by atoms with Gasteiger partial charge in [-0.05, 0) is 38.2 Å². The van der Waals surface area contributed by atoms with Crippen LogP contribution in [-0.4, -0.2) is 22.5 Å². The summed E-state index contributed by atoms with van der Waals surface area (Å²) in [7, 11) is 0. The molecule has 1 aliphatic carbocycles. The predicted molar refractivity (Wildman–Crippen MR) is 96.5 cm³/mol. The van der Waals surface area contributed by atoms with Crippen molar-refractivity contribution in [1.82, 2.24) is 10.1 Å². The molecule has 1 saturated carbocycles. The van der Waals surface area contributed by atoms with E-state index in [0.29, 0.717) is 11.7 Å². The van der Waals surface area contributed by atoms with Gasteiger partial charge < -0.3 is 9.42 Å². The van der Waals surface area contributed by atoms with Crippen LogP contribution in [0.4, 0.5) is 0 Å². The number of carbonyl (C=O) groups excluding carboxylic acids is 1. The molecule has 1 unspecified atom stereocenters. The Kier molecular flexibility index (Phi) is 4.60. The third-order valence-corrected chi connectivity index (χ3v) is 5.70. The lowest BCUT2D eigenvalue weighted by molar-refractivity contribution is 0.0693. The molecule has 132 valence electrons. The second kappa shape index (κ2) is 7.03. The van der Waals surface area contributed by atoms with Crippen molar-refractivity contribution in [3.8, 4) is 0 Å². The Balaban J connectivity index is 1.52. The Morgan fingerprint density at radius 1 is 1.12 bits per heavy atom. The summed E-state index contributed by atoms with van der Waals surface area (Å²) in [5.74, 6) is 0.851. The Bertz CT molecular complexity index is 746. The summed E-state index contributed by atoms with van der Waals surface area (Å²) in [6.45, 7) is 2.88. The van der Waals surface area contributed by atoms with Crippen LogP contribution < -0.4 is 0 Å². The minimum atomic E-state index is -0.0152. The van der Waals surface area contributed by atoms with Crippen molar-refractivity contribution in [3.63, 3.8) is 0 Å². The summed E-state index contributed by atoms with van der Waals surface area (Å²) < 4.78 is 5.46. The zero-order chi connectivity index (χ0) is 17.2. The van der Waals surface area contributed by atoms with Crippen molar-refractivity contribution >= 4 is 5.91 Å². The van der Waals surface area contributed by atoms with Crippen molar-refractivity contribution in [2.45, 2.75) is 63.8 Å². The molecule has 4 nitrogen and oxygen atoms in total. The quantitative estimate of drug-likeness (QED) is 0.790. The van der Waals surface area contributed by atoms with Gasteiger partial charge in [-0.2, -0.15) is 0 Å². The maximum absolute atomic E-state index is 13.0. The zero-order valence-electron chi connectivity index (χ0n) is 14.9. The molecule has 2 aliphatic rings. The van der Waals surface area contributed by atoms with Crippen LogP contribution in [0.5, 0.6) is 0 Å². The van der Waals surface area contributed by atoms with Gasteiger partial charge in [-0.1, -0.05) is 54.2 Å². The van der Waals surface area contributed by atoms with Crippen molar-refractivity contribution in [1.29, 1.82) is 0 Å². The van der Waals surface area contributed by atoms with Crippen molar-refractivity contribution < 1.29 is 9.32 Å². The van der Waals surface area contributed by atoms with Crippen LogP contribution in [0.3, 0.4) is 0 Å². The summed E-state index contributed by atoms with van der Waals surface area (Å²) in [6, 6.07) is 10.5. The Hall–Kier alpha value is -2.10. The monoisotopic (exact) mass is 338 g/mol. The highest BCUT2D eigenvalue weighted by Gasteiger charge is 2.33. The van der Waals surface area contributed by atoms with Crippen LogP contribution in [0, 0.1) is 6.92 Å². The molecular weight excluding hydrogens is 312 g/mol. The summed E-state index contributed by atoms with van der Waals surface area (Å²) >= 11 is 0. The first-order chi connectivity index (χ1) is 12.2. The smallest absolute Gasteiger partial charge is 0.292 e. The van der Waals surface area contributed by atoms with Crippen molar-refractivity contribution in [2.75, 3.05) is 6.54 Å². The lowest BCUT2D eigenvalue weighted by Gasteiger charge is -2.24. The minimum absolute atomic E-state index is 0.0152. The van der Waals surface area contributed by atoms with Crippen LogP contribution in [0.1, 0.15) is 84.3 Å². The number of hydrogen-bond donors (Lipinski definition) is 0. The van der Waals surface area contributed by atoms with E-state index in [-0.39, 0.29) is 11.9 Å². The fraction of sp³-hybridized carbons (Fsp3) is 0.524. The van der Waals surface area contributed by atoms with Gasteiger partial charge in [0.1, 0.15) is 0 Å². The summed E-state index contributed by atoms with van der Waals surface area (Å²) in [5.41, 5.74) is 3.42. The fourth-order valence-electron chi connectivity index (χ4n) is 4.36. The van der Waals surface area contributed by atoms with Gasteiger partial charge in [-0.15, -0.1) is 0 Å². The van der Waals surface area contributed by atoms with E-state index in [9.17, 15) is 4.79 Å². The number of likely N-dealkylation sites (tertiary alicyclic amines) is 1. The van der Waals surface area contributed by atoms with E-state index in [1.54, 1.807) is 0 Å².